The first kappa shape index (κ1) is 13.5. The van der Waals surface area contributed by atoms with Gasteiger partial charge in [0, 0.05) is 25.0 Å². The van der Waals surface area contributed by atoms with Gasteiger partial charge in [0.05, 0.1) is 18.9 Å². The van der Waals surface area contributed by atoms with Gasteiger partial charge in [-0.3, -0.25) is 4.79 Å². The smallest absolute Gasteiger partial charge is 0.274 e. The van der Waals surface area contributed by atoms with Crippen LogP contribution in [0.5, 0.6) is 0 Å². The average Bonchev–Trinajstić information content (AvgIpc) is 2.64. The van der Waals surface area contributed by atoms with Crippen LogP contribution < -0.4 is 0 Å². The molecule has 1 aromatic heterocycles. The van der Waals surface area contributed by atoms with Crippen molar-refractivity contribution in [2.24, 2.45) is 5.41 Å². The van der Waals surface area contributed by atoms with Crippen LogP contribution in [0.1, 0.15) is 42.4 Å². The summed E-state index contributed by atoms with van der Waals surface area (Å²) in [6.07, 6.45) is 3.58. The van der Waals surface area contributed by atoms with Crippen molar-refractivity contribution in [1.82, 2.24) is 19.9 Å². The maximum Gasteiger partial charge on any atom is 0.274 e. The highest BCUT2D eigenvalue weighted by Crippen LogP contribution is 2.42. The van der Waals surface area contributed by atoms with Gasteiger partial charge in [-0.1, -0.05) is 11.6 Å². The molecule has 6 nitrogen and oxygen atoms in total. The molecular formula is C14H22N4O2. The fourth-order valence-corrected chi connectivity index (χ4v) is 3.18. The Bertz CT molecular complexity index is 507. The Morgan fingerprint density at radius 1 is 1.45 bits per heavy atom. The number of amides is 1. The molecule has 2 aliphatic rings. The maximum absolute atomic E-state index is 12.8. The monoisotopic (exact) mass is 278 g/mol. The summed E-state index contributed by atoms with van der Waals surface area (Å²) in [6.45, 7) is 7.37. The van der Waals surface area contributed by atoms with Crippen LogP contribution in [0.2, 0.25) is 0 Å². The van der Waals surface area contributed by atoms with E-state index in [1.54, 1.807) is 4.68 Å². The van der Waals surface area contributed by atoms with Crippen LogP contribution in [0.15, 0.2) is 0 Å². The summed E-state index contributed by atoms with van der Waals surface area (Å²) in [7, 11) is 0. The van der Waals surface area contributed by atoms with Gasteiger partial charge in [-0.15, -0.1) is 5.10 Å². The van der Waals surface area contributed by atoms with Crippen LogP contribution in [0.4, 0.5) is 0 Å². The van der Waals surface area contributed by atoms with Gasteiger partial charge in [0.25, 0.3) is 5.91 Å². The molecule has 1 amide bonds. The Morgan fingerprint density at radius 3 is 2.90 bits per heavy atom. The number of aromatic nitrogens is 3. The van der Waals surface area contributed by atoms with Gasteiger partial charge in [-0.25, -0.2) is 4.68 Å². The second kappa shape index (κ2) is 5.16. The number of carbonyl (C=O) groups is 1. The lowest BCUT2D eigenvalue weighted by atomic mass is 9.69. The third-order valence-electron chi connectivity index (χ3n) is 4.55. The predicted molar refractivity (Wildman–Crippen MR) is 73.4 cm³/mol. The van der Waals surface area contributed by atoms with Crippen molar-refractivity contribution >= 4 is 5.91 Å². The standard InChI is InChI=1S/C14H22N4O2/c1-3-18-12(11(2)15-16-18)13(19)17-7-8-20-10-14(9-17)5-4-6-14/h3-10H2,1-2H3. The Balaban J connectivity index is 1.83. The normalized spacial score (nSPS) is 21.6. The van der Waals surface area contributed by atoms with Crippen molar-refractivity contribution in [3.05, 3.63) is 11.4 Å². The lowest BCUT2D eigenvalue weighted by Crippen LogP contribution is -2.46. The molecule has 1 aliphatic heterocycles. The quantitative estimate of drug-likeness (QED) is 0.817. The van der Waals surface area contributed by atoms with E-state index < -0.39 is 0 Å². The van der Waals surface area contributed by atoms with Gasteiger partial charge in [0.2, 0.25) is 0 Å². The van der Waals surface area contributed by atoms with E-state index in [0.717, 1.165) is 13.2 Å². The Kier molecular flexibility index (Phi) is 3.50. The fourth-order valence-electron chi connectivity index (χ4n) is 3.18. The summed E-state index contributed by atoms with van der Waals surface area (Å²) in [5.41, 5.74) is 1.54. The van der Waals surface area contributed by atoms with Gasteiger partial charge in [0.15, 0.2) is 0 Å². The van der Waals surface area contributed by atoms with Crippen molar-refractivity contribution in [1.29, 1.82) is 0 Å². The zero-order chi connectivity index (χ0) is 14.2. The second-order valence-corrected chi connectivity index (χ2v) is 5.97. The van der Waals surface area contributed by atoms with Crippen molar-refractivity contribution in [2.45, 2.75) is 39.7 Å². The molecule has 6 heteroatoms. The summed E-state index contributed by atoms with van der Waals surface area (Å²) in [4.78, 5) is 14.7. The van der Waals surface area contributed by atoms with Gasteiger partial charge >= 0.3 is 0 Å². The summed E-state index contributed by atoms with van der Waals surface area (Å²) in [5, 5.41) is 8.06. The van der Waals surface area contributed by atoms with Crippen LogP contribution in [0.3, 0.4) is 0 Å². The first-order valence-corrected chi connectivity index (χ1v) is 7.42. The molecule has 0 atom stereocenters. The molecule has 0 radical (unpaired) electrons. The topological polar surface area (TPSA) is 60.2 Å². The molecule has 0 N–H and O–H groups in total. The van der Waals surface area contributed by atoms with E-state index in [-0.39, 0.29) is 11.3 Å². The Morgan fingerprint density at radius 2 is 2.25 bits per heavy atom. The van der Waals surface area contributed by atoms with Gasteiger partial charge in [0.1, 0.15) is 5.69 Å². The minimum absolute atomic E-state index is 0.0473. The highest BCUT2D eigenvalue weighted by atomic mass is 16.5. The summed E-state index contributed by atoms with van der Waals surface area (Å²) >= 11 is 0. The highest BCUT2D eigenvalue weighted by molar-refractivity contribution is 5.93. The Hall–Kier alpha value is -1.43. The van der Waals surface area contributed by atoms with E-state index in [1.807, 2.05) is 18.7 Å². The lowest BCUT2D eigenvalue weighted by Gasteiger charge is -2.42. The van der Waals surface area contributed by atoms with E-state index in [9.17, 15) is 4.79 Å². The van der Waals surface area contributed by atoms with Crippen LogP contribution in [0, 0.1) is 12.3 Å². The third-order valence-corrected chi connectivity index (χ3v) is 4.55. The van der Waals surface area contributed by atoms with Crippen molar-refractivity contribution in [2.75, 3.05) is 26.3 Å². The number of rotatable bonds is 2. The third kappa shape index (κ3) is 2.22. The SMILES string of the molecule is CCn1nnc(C)c1C(=O)N1CCOCC2(CCC2)C1. The van der Waals surface area contributed by atoms with Crippen LogP contribution in [-0.4, -0.2) is 52.1 Å². The van der Waals surface area contributed by atoms with E-state index >= 15 is 0 Å². The number of hydrogen-bond donors (Lipinski definition) is 0. The van der Waals surface area contributed by atoms with Crippen molar-refractivity contribution in [3.63, 3.8) is 0 Å². The minimum atomic E-state index is 0.0473. The average molecular weight is 278 g/mol. The molecule has 110 valence electrons. The fraction of sp³-hybridized carbons (Fsp3) is 0.786. The molecule has 2 fully saturated rings. The van der Waals surface area contributed by atoms with Gasteiger partial charge < -0.3 is 9.64 Å². The summed E-state index contributed by atoms with van der Waals surface area (Å²) < 4.78 is 7.40. The number of aryl methyl sites for hydroxylation is 2. The first-order chi connectivity index (χ1) is 9.65. The number of nitrogens with zero attached hydrogens (tertiary/aromatic N) is 4. The molecule has 0 bridgehead atoms. The van der Waals surface area contributed by atoms with Crippen LogP contribution in [-0.2, 0) is 11.3 Å². The van der Waals surface area contributed by atoms with E-state index in [0.29, 0.717) is 31.1 Å². The second-order valence-electron chi connectivity index (χ2n) is 5.97. The largest absolute Gasteiger partial charge is 0.379 e. The zero-order valence-corrected chi connectivity index (χ0v) is 12.3. The first-order valence-electron chi connectivity index (χ1n) is 7.42. The molecule has 1 saturated carbocycles. The van der Waals surface area contributed by atoms with Gasteiger partial charge in [-0.2, -0.15) is 0 Å². The molecule has 20 heavy (non-hydrogen) atoms. The molecular weight excluding hydrogens is 256 g/mol. The minimum Gasteiger partial charge on any atom is -0.379 e. The summed E-state index contributed by atoms with van der Waals surface area (Å²) in [6, 6.07) is 0. The van der Waals surface area contributed by atoms with E-state index in [2.05, 4.69) is 10.3 Å². The predicted octanol–water partition coefficient (Wildman–Crippen LogP) is 1.25. The lowest BCUT2D eigenvalue weighted by molar-refractivity contribution is 0.0102. The zero-order valence-electron chi connectivity index (χ0n) is 12.3. The maximum atomic E-state index is 12.8. The molecule has 1 aliphatic carbocycles. The van der Waals surface area contributed by atoms with Crippen LogP contribution in [0.25, 0.3) is 0 Å². The highest BCUT2D eigenvalue weighted by Gasteiger charge is 2.42. The molecule has 3 rings (SSSR count). The van der Waals surface area contributed by atoms with Crippen molar-refractivity contribution < 1.29 is 9.53 Å². The number of ether oxygens (including phenoxy) is 1. The van der Waals surface area contributed by atoms with E-state index in [1.165, 1.54) is 19.3 Å². The number of carbonyl (C=O) groups excluding carboxylic acids is 1. The molecule has 1 spiro atoms. The van der Waals surface area contributed by atoms with E-state index in [4.69, 9.17) is 4.74 Å². The summed E-state index contributed by atoms with van der Waals surface area (Å²) in [5.74, 6) is 0.0473. The molecule has 1 saturated heterocycles. The van der Waals surface area contributed by atoms with Crippen LogP contribution >= 0.6 is 0 Å². The number of hydrogen-bond acceptors (Lipinski definition) is 4. The molecule has 0 aromatic carbocycles. The Labute approximate surface area is 119 Å². The van der Waals surface area contributed by atoms with Crippen molar-refractivity contribution in [3.8, 4) is 0 Å². The molecule has 0 unspecified atom stereocenters. The van der Waals surface area contributed by atoms with Gasteiger partial charge in [-0.05, 0) is 26.7 Å². The molecule has 2 heterocycles. The molecule has 1 aromatic rings.